The van der Waals surface area contributed by atoms with Crippen LogP contribution in [0.4, 0.5) is 35.1 Å². The van der Waals surface area contributed by atoms with Gasteiger partial charge < -0.3 is 29.9 Å². The maximum Gasteiger partial charge on any atom is 3.00 e. The molecule has 408 valence electrons. The van der Waals surface area contributed by atoms with Gasteiger partial charge in [-0.3, -0.25) is 35.1 Å². The van der Waals surface area contributed by atoms with Crippen molar-refractivity contribution in [1.29, 1.82) is 0 Å². The molecule has 6 nitrogen and oxygen atoms in total. The summed E-state index contributed by atoms with van der Waals surface area (Å²) in [5, 5.41) is 0. The SMILES string of the molecule is Fc1c[c-]c(-c2ccccn2)c(F)c1.Fc1c[c-]c(-c2ccccn2)c(F)c1.Fc1c[c-]c(-c2ccccn2)c(F)c1.Fc1c[c-]c(-c2ccccn2)c(F)c1.[Ir+3].[Ir+3].[c-]1ccccc1-c1ccccn1.[c-]1ccccc1-c1ccccn1. The van der Waals surface area contributed by atoms with Crippen LogP contribution in [0, 0.1) is 82.9 Å². The fourth-order valence-corrected chi connectivity index (χ4v) is 6.76. The van der Waals surface area contributed by atoms with E-state index in [9.17, 15) is 35.1 Å². The van der Waals surface area contributed by atoms with Crippen LogP contribution in [0.3, 0.4) is 0 Å². The van der Waals surface area contributed by atoms with Gasteiger partial charge in [0, 0.05) is 83.7 Å². The van der Waals surface area contributed by atoms with E-state index in [0.29, 0.717) is 22.8 Å². The van der Waals surface area contributed by atoms with E-state index < -0.39 is 46.5 Å². The normalized spacial score (nSPS) is 9.76. The van der Waals surface area contributed by atoms with Crippen LogP contribution in [-0.4, -0.2) is 29.9 Å². The minimum atomic E-state index is -0.649. The molecular weight excluding hydrogens is 1410 g/mol. The Hall–Kier alpha value is -9.04. The predicted molar refractivity (Wildman–Crippen MR) is 291 cm³/mol. The van der Waals surface area contributed by atoms with E-state index in [0.717, 1.165) is 71.0 Å². The second-order valence-electron chi connectivity index (χ2n) is 16.0. The van der Waals surface area contributed by atoms with E-state index in [1.54, 1.807) is 110 Å². The first-order valence-electron chi connectivity index (χ1n) is 23.9. The Kier molecular flexibility index (Phi) is 26.6. The Morgan fingerprint density at radius 3 is 0.646 bits per heavy atom. The summed E-state index contributed by atoms with van der Waals surface area (Å²) < 4.78 is 103. The molecule has 0 aliphatic carbocycles. The first-order chi connectivity index (χ1) is 39.0. The van der Waals surface area contributed by atoms with Crippen molar-refractivity contribution in [2.75, 3.05) is 0 Å². The molecule has 0 N–H and O–H groups in total. The molecule has 12 aromatic rings. The van der Waals surface area contributed by atoms with Gasteiger partial charge >= 0.3 is 40.2 Å². The first kappa shape index (κ1) is 63.8. The topological polar surface area (TPSA) is 77.3 Å². The first-order valence-corrected chi connectivity index (χ1v) is 23.9. The molecule has 0 unspecified atom stereocenters. The third kappa shape index (κ3) is 20.2. The number of aromatic nitrogens is 6. The van der Waals surface area contributed by atoms with E-state index in [2.05, 4.69) is 66.3 Å². The van der Waals surface area contributed by atoms with Gasteiger partial charge in [-0.1, -0.05) is 119 Å². The van der Waals surface area contributed by atoms with Gasteiger partial charge in [0.25, 0.3) is 0 Å². The van der Waals surface area contributed by atoms with Crippen molar-refractivity contribution in [2.24, 2.45) is 0 Å². The van der Waals surface area contributed by atoms with Crippen molar-refractivity contribution in [3.63, 3.8) is 0 Å². The van der Waals surface area contributed by atoms with Gasteiger partial charge in [-0.25, -0.2) is 0 Å². The Morgan fingerprint density at radius 2 is 0.463 bits per heavy atom. The summed E-state index contributed by atoms with van der Waals surface area (Å²) in [5.74, 6) is -5.14. The van der Waals surface area contributed by atoms with Crippen LogP contribution in [0.1, 0.15) is 0 Å². The third-order valence-corrected chi connectivity index (χ3v) is 10.4. The molecule has 0 spiro atoms. The summed E-state index contributed by atoms with van der Waals surface area (Å²) in [6.45, 7) is 0. The molecule has 0 aliphatic rings. The van der Waals surface area contributed by atoms with Gasteiger partial charge in [0.1, 0.15) is 0 Å². The average Bonchev–Trinajstić information content (AvgIpc) is 3.53. The Morgan fingerprint density at radius 1 is 0.244 bits per heavy atom. The van der Waals surface area contributed by atoms with Crippen molar-refractivity contribution in [2.45, 2.75) is 0 Å². The zero-order valence-electron chi connectivity index (χ0n) is 42.5. The predicted octanol–water partition coefficient (Wildman–Crippen LogP) is 16.4. The molecule has 0 aliphatic heterocycles. The van der Waals surface area contributed by atoms with E-state index in [4.69, 9.17) is 0 Å². The fourth-order valence-electron chi connectivity index (χ4n) is 6.76. The molecule has 16 heteroatoms. The molecular formula is C66H40F8Ir2N6. The Bertz CT molecular complexity index is 3250. The monoisotopic (exact) mass is 1450 g/mol. The van der Waals surface area contributed by atoms with Crippen LogP contribution in [0.15, 0.2) is 243 Å². The van der Waals surface area contributed by atoms with Crippen LogP contribution in [0.5, 0.6) is 0 Å². The Balaban J connectivity index is 0.000000180. The number of pyridine rings is 6. The maximum atomic E-state index is 13.2. The zero-order chi connectivity index (χ0) is 56.3. The minimum Gasteiger partial charge on any atom is -0.305 e. The average molecular weight is 1450 g/mol. The van der Waals surface area contributed by atoms with Crippen molar-refractivity contribution >= 4 is 0 Å². The van der Waals surface area contributed by atoms with Gasteiger partial charge in [0.05, 0.1) is 0 Å². The summed E-state index contributed by atoms with van der Waals surface area (Å²) in [6, 6.07) is 71.7. The van der Waals surface area contributed by atoms with Gasteiger partial charge in [-0.15, -0.1) is 120 Å². The van der Waals surface area contributed by atoms with Gasteiger partial charge in [0.15, 0.2) is 0 Å². The summed E-state index contributed by atoms with van der Waals surface area (Å²) in [4.78, 5) is 24.2. The molecule has 0 bridgehead atoms. The Labute approximate surface area is 496 Å². The van der Waals surface area contributed by atoms with Crippen molar-refractivity contribution < 1.29 is 75.3 Å². The number of rotatable bonds is 6. The molecule has 0 saturated heterocycles. The van der Waals surface area contributed by atoms with E-state index in [1.165, 1.54) is 0 Å². The van der Waals surface area contributed by atoms with Crippen LogP contribution in [0.25, 0.3) is 67.5 Å². The fraction of sp³-hybridized carbons (Fsp3) is 0. The molecule has 0 saturated carbocycles. The molecule has 6 heterocycles. The largest absolute Gasteiger partial charge is 3.00 e. The molecule has 6 aromatic carbocycles. The summed E-state index contributed by atoms with van der Waals surface area (Å²) >= 11 is 0. The minimum absolute atomic E-state index is 0. The summed E-state index contributed by atoms with van der Waals surface area (Å²) in [5.41, 5.74) is 6.57. The van der Waals surface area contributed by atoms with Crippen molar-refractivity contribution in [3.8, 4) is 67.5 Å². The smallest absolute Gasteiger partial charge is 0.305 e. The van der Waals surface area contributed by atoms with E-state index in [-0.39, 0.29) is 62.5 Å². The second kappa shape index (κ2) is 34.2. The van der Waals surface area contributed by atoms with Gasteiger partial charge in [0.2, 0.25) is 0 Å². The van der Waals surface area contributed by atoms with Gasteiger partial charge in [-0.2, -0.15) is 0 Å². The van der Waals surface area contributed by atoms with Crippen LogP contribution in [0.2, 0.25) is 0 Å². The molecule has 0 fully saturated rings. The number of benzene rings is 6. The standard InChI is InChI=1S/4C11H6F2N.2C11H8N.2Ir/c4*12-8-4-5-9(10(13)7-8)11-3-1-2-6-14-11;2*1-2-6-10(7-3-1)11-8-4-5-9-12-11;;/h4*1-4,6-7H;2*1-6,8-9H;;/q6*-1;2*+3. The summed E-state index contributed by atoms with van der Waals surface area (Å²) in [6.07, 6.45) is 9.77. The second-order valence-corrected chi connectivity index (χ2v) is 16.0. The quantitative estimate of drug-likeness (QED) is 0.122. The van der Waals surface area contributed by atoms with E-state index >= 15 is 0 Å². The molecule has 12 rings (SSSR count). The number of halogens is 8. The number of hydrogen-bond donors (Lipinski definition) is 0. The van der Waals surface area contributed by atoms with E-state index in [1.807, 2.05) is 84.9 Å². The van der Waals surface area contributed by atoms with Gasteiger partial charge in [-0.05, 0) is 70.6 Å². The van der Waals surface area contributed by atoms with Crippen LogP contribution >= 0.6 is 0 Å². The van der Waals surface area contributed by atoms with Crippen molar-refractivity contribution in [3.05, 3.63) is 326 Å². The van der Waals surface area contributed by atoms with Crippen molar-refractivity contribution in [1.82, 2.24) is 29.9 Å². The molecule has 82 heavy (non-hydrogen) atoms. The van der Waals surface area contributed by atoms with Crippen LogP contribution in [-0.2, 0) is 40.2 Å². The molecule has 0 atom stereocenters. The molecule has 6 aromatic heterocycles. The number of nitrogens with zero attached hydrogens (tertiary/aromatic N) is 6. The zero-order valence-corrected chi connectivity index (χ0v) is 47.3. The number of hydrogen-bond acceptors (Lipinski definition) is 6. The summed E-state index contributed by atoms with van der Waals surface area (Å²) in [7, 11) is 0. The third-order valence-electron chi connectivity index (χ3n) is 10.4. The maximum absolute atomic E-state index is 13.2. The van der Waals surface area contributed by atoms with Crippen LogP contribution < -0.4 is 0 Å². The molecule has 0 amide bonds. The molecule has 0 radical (unpaired) electrons.